The van der Waals surface area contributed by atoms with E-state index in [9.17, 15) is 0 Å². The molecule has 0 aliphatic carbocycles. The largest absolute Gasteiger partial charge is 0.0651 e. The van der Waals surface area contributed by atoms with E-state index in [1.165, 1.54) is 83.5 Å². The summed E-state index contributed by atoms with van der Waals surface area (Å²) in [5, 5.41) is 0. The Balaban J connectivity index is 3.29. The molecule has 0 aliphatic heterocycles. The fourth-order valence-corrected chi connectivity index (χ4v) is 2.83. The highest BCUT2D eigenvalue weighted by Gasteiger charge is 2.05. The fourth-order valence-electron chi connectivity index (χ4n) is 2.83. The molecular formula is C19H38. The van der Waals surface area contributed by atoms with E-state index in [0.29, 0.717) is 0 Å². The number of unbranched alkanes of at least 4 members (excludes halogenated alkanes) is 10. The van der Waals surface area contributed by atoms with Crippen LogP contribution >= 0.6 is 0 Å². The monoisotopic (exact) mass is 266 g/mol. The maximum atomic E-state index is 3.91. The lowest BCUT2D eigenvalue weighted by atomic mass is 9.92. The van der Waals surface area contributed by atoms with Crippen LogP contribution in [0.3, 0.4) is 0 Å². The summed E-state index contributed by atoms with van der Waals surface area (Å²) in [5.74, 6) is 1.000. The topological polar surface area (TPSA) is 0 Å². The molecule has 0 aromatic carbocycles. The Morgan fingerprint density at radius 1 is 0.579 bits per heavy atom. The summed E-state index contributed by atoms with van der Waals surface area (Å²) >= 11 is 0. The average Bonchev–Trinajstić information content (AvgIpc) is 2.44. The Kier molecular flexibility index (Phi) is 16.1. The molecule has 0 spiro atoms. The first-order valence-corrected chi connectivity index (χ1v) is 8.93. The van der Waals surface area contributed by atoms with Gasteiger partial charge in [-0.15, -0.1) is 0 Å². The highest BCUT2D eigenvalue weighted by Crippen LogP contribution is 2.21. The third kappa shape index (κ3) is 14.2. The van der Waals surface area contributed by atoms with Gasteiger partial charge in [-0.25, -0.2) is 0 Å². The van der Waals surface area contributed by atoms with Gasteiger partial charge in [0.25, 0.3) is 0 Å². The third-order valence-electron chi connectivity index (χ3n) is 4.30. The molecule has 0 nitrogen and oxygen atoms in total. The van der Waals surface area contributed by atoms with Crippen molar-refractivity contribution in [1.82, 2.24) is 0 Å². The molecule has 1 atom stereocenters. The minimum absolute atomic E-state index is 1.000. The zero-order valence-corrected chi connectivity index (χ0v) is 13.6. The van der Waals surface area contributed by atoms with E-state index < -0.39 is 0 Å². The van der Waals surface area contributed by atoms with Gasteiger partial charge in [0.1, 0.15) is 0 Å². The van der Waals surface area contributed by atoms with E-state index in [0.717, 1.165) is 18.8 Å². The number of hydrogen-bond donors (Lipinski definition) is 0. The predicted octanol–water partition coefficient (Wildman–Crippen LogP) is 7.14. The molecule has 2 radical (unpaired) electrons. The molecule has 114 valence electrons. The zero-order valence-electron chi connectivity index (χ0n) is 13.6. The first kappa shape index (κ1) is 19.0. The summed E-state index contributed by atoms with van der Waals surface area (Å²) in [6.07, 6.45) is 20.7. The van der Waals surface area contributed by atoms with Crippen LogP contribution in [0.15, 0.2) is 0 Å². The second kappa shape index (κ2) is 16.1. The van der Waals surface area contributed by atoms with Gasteiger partial charge in [0.2, 0.25) is 0 Å². The van der Waals surface area contributed by atoms with Crippen molar-refractivity contribution in [2.24, 2.45) is 5.92 Å². The van der Waals surface area contributed by atoms with Gasteiger partial charge in [0.05, 0.1) is 0 Å². The molecule has 0 heterocycles. The lowest BCUT2D eigenvalue weighted by Crippen LogP contribution is -1.99. The third-order valence-corrected chi connectivity index (χ3v) is 4.30. The van der Waals surface area contributed by atoms with Crippen LogP contribution in [-0.2, 0) is 0 Å². The standard InChI is InChI=1S/C19H38/c1-4-7-9-11-12-14-16-18-19(6-3)17-15-13-10-8-5-2/h19H,1-2,4-18H2,3H3. The van der Waals surface area contributed by atoms with E-state index in [1.54, 1.807) is 0 Å². The Bertz CT molecular complexity index is 150. The van der Waals surface area contributed by atoms with Gasteiger partial charge < -0.3 is 0 Å². The Labute approximate surface area is 123 Å². The quantitative estimate of drug-likeness (QED) is 0.276. The van der Waals surface area contributed by atoms with Crippen LogP contribution in [-0.4, -0.2) is 0 Å². The summed E-state index contributed by atoms with van der Waals surface area (Å²) in [4.78, 5) is 0. The van der Waals surface area contributed by atoms with Crippen molar-refractivity contribution >= 4 is 0 Å². The van der Waals surface area contributed by atoms with Crippen molar-refractivity contribution < 1.29 is 0 Å². The molecule has 0 aliphatic rings. The zero-order chi connectivity index (χ0) is 14.2. The summed E-state index contributed by atoms with van der Waals surface area (Å²) in [7, 11) is 0. The van der Waals surface area contributed by atoms with Crippen LogP contribution in [0.1, 0.15) is 103 Å². The SMILES string of the molecule is [CH2]CCCCCCCCC(CC)CCCCCC[CH2]. The Morgan fingerprint density at radius 2 is 0.947 bits per heavy atom. The van der Waals surface area contributed by atoms with Gasteiger partial charge in [0.15, 0.2) is 0 Å². The summed E-state index contributed by atoms with van der Waals surface area (Å²) in [6.45, 7) is 10.2. The normalized spacial score (nSPS) is 12.8. The molecule has 19 heavy (non-hydrogen) atoms. The molecule has 0 rings (SSSR count). The van der Waals surface area contributed by atoms with E-state index in [1.807, 2.05) is 0 Å². The number of rotatable bonds is 15. The van der Waals surface area contributed by atoms with Crippen LogP contribution in [0.2, 0.25) is 0 Å². The van der Waals surface area contributed by atoms with Crippen molar-refractivity contribution in [2.75, 3.05) is 0 Å². The highest BCUT2D eigenvalue weighted by molar-refractivity contribution is 4.59. The van der Waals surface area contributed by atoms with Gasteiger partial charge in [-0.3, -0.25) is 0 Å². The van der Waals surface area contributed by atoms with Gasteiger partial charge in [-0.05, 0) is 5.92 Å². The molecule has 0 fully saturated rings. The second-order valence-electron chi connectivity index (χ2n) is 6.09. The molecule has 0 saturated carbocycles. The number of hydrogen-bond acceptors (Lipinski definition) is 0. The Hall–Kier alpha value is 0. The first-order chi connectivity index (χ1) is 9.35. The fraction of sp³-hybridized carbons (Fsp3) is 0.895. The van der Waals surface area contributed by atoms with Crippen molar-refractivity contribution in [3.05, 3.63) is 13.8 Å². The van der Waals surface area contributed by atoms with Gasteiger partial charge in [-0.2, -0.15) is 0 Å². The van der Waals surface area contributed by atoms with Crippen molar-refractivity contribution in [1.29, 1.82) is 0 Å². The maximum absolute atomic E-state index is 3.91. The van der Waals surface area contributed by atoms with Gasteiger partial charge in [-0.1, -0.05) is 117 Å². The predicted molar refractivity (Wildman–Crippen MR) is 89.1 cm³/mol. The molecule has 0 saturated heterocycles. The maximum Gasteiger partial charge on any atom is -0.0417 e. The first-order valence-electron chi connectivity index (χ1n) is 8.93. The van der Waals surface area contributed by atoms with Crippen LogP contribution in [0.25, 0.3) is 0 Å². The van der Waals surface area contributed by atoms with Crippen LogP contribution < -0.4 is 0 Å². The Morgan fingerprint density at radius 3 is 1.32 bits per heavy atom. The smallest absolute Gasteiger partial charge is 0.0417 e. The summed E-state index contributed by atoms with van der Waals surface area (Å²) in [6, 6.07) is 0. The van der Waals surface area contributed by atoms with Crippen molar-refractivity contribution in [2.45, 2.75) is 103 Å². The lowest BCUT2D eigenvalue weighted by molar-refractivity contribution is 0.393. The van der Waals surface area contributed by atoms with E-state index in [4.69, 9.17) is 0 Å². The van der Waals surface area contributed by atoms with E-state index >= 15 is 0 Å². The van der Waals surface area contributed by atoms with E-state index in [-0.39, 0.29) is 0 Å². The second-order valence-corrected chi connectivity index (χ2v) is 6.09. The average molecular weight is 267 g/mol. The molecule has 0 aromatic heterocycles. The summed E-state index contributed by atoms with van der Waals surface area (Å²) < 4.78 is 0. The van der Waals surface area contributed by atoms with Crippen molar-refractivity contribution in [3.63, 3.8) is 0 Å². The minimum atomic E-state index is 1.000. The van der Waals surface area contributed by atoms with Crippen LogP contribution in [0.4, 0.5) is 0 Å². The van der Waals surface area contributed by atoms with E-state index in [2.05, 4.69) is 20.8 Å². The molecule has 0 bridgehead atoms. The molecule has 0 N–H and O–H groups in total. The van der Waals surface area contributed by atoms with Gasteiger partial charge >= 0.3 is 0 Å². The van der Waals surface area contributed by atoms with Crippen LogP contribution in [0, 0.1) is 19.8 Å². The van der Waals surface area contributed by atoms with Gasteiger partial charge in [0, 0.05) is 0 Å². The molecule has 1 unspecified atom stereocenters. The van der Waals surface area contributed by atoms with Crippen molar-refractivity contribution in [3.8, 4) is 0 Å². The summed E-state index contributed by atoms with van der Waals surface area (Å²) in [5.41, 5.74) is 0. The minimum Gasteiger partial charge on any atom is -0.0651 e. The molecular weight excluding hydrogens is 228 g/mol. The lowest BCUT2D eigenvalue weighted by Gasteiger charge is -2.14. The van der Waals surface area contributed by atoms with Crippen LogP contribution in [0.5, 0.6) is 0 Å². The highest BCUT2D eigenvalue weighted by atomic mass is 14.1. The molecule has 0 heteroatoms. The molecule has 0 amide bonds. The molecule has 0 aromatic rings.